The first-order valence-corrected chi connectivity index (χ1v) is 11.1. The first-order chi connectivity index (χ1) is 13.0. The molecule has 0 saturated carbocycles. The maximum atomic E-state index is 13.2. The number of methoxy groups -OCH3 is 1. The molecule has 8 nitrogen and oxygen atoms in total. The molecule has 1 saturated heterocycles. The Kier molecular flexibility index (Phi) is 5.32. The molecule has 0 N–H and O–H groups in total. The third-order valence-electron chi connectivity index (χ3n) is 4.31. The number of nitrogens with zero attached hydrogens (tertiary/aromatic N) is 2. The molecule has 3 rings (SSSR count). The van der Waals surface area contributed by atoms with Crippen LogP contribution in [0.5, 0.6) is 0 Å². The molecule has 0 aromatic carbocycles. The normalized spacial score (nSPS) is 26.5. The number of amides is 1. The fourth-order valence-electron chi connectivity index (χ4n) is 3.15. The average molecular weight is 427 g/mol. The van der Waals surface area contributed by atoms with Crippen LogP contribution in [0.4, 0.5) is 0 Å². The van der Waals surface area contributed by atoms with Crippen molar-refractivity contribution in [1.82, 2.24) is 9.88 Å². The second-order valence-electron chi connectivity index (χ2n) is 7.50. The second kappa shape index (κ2) is 7.16. The van der Waals surface area contributed by atoms with Crippen LogP contribution in [0.2, 0.25) is 0 Å². The Morgan fingerprint density at radius 1 is 1.29 bits per heavy atom. The topological polar surface area (TPSA) is 103 Å². The van der Waals surface area contributed by atoms with Crippen LogP contribution in [-0.4, -0.2) is 58.9 Å². The van der Waals surface area contributed by atoms with E-state index in [0.717, 1.165) is 16.7 Å². The van der Waals surface area contributed by atoms with Gasteiger partial charge in [0.05, 0.1) is 5.03 Å². The van der Waals surface area contributed by atoms with E-state index >= 15 is 0 Å². The van der Waals surface area contributed by atoms with Crippen LogP contribution in [0.3, 0.4) is 0 Å². The molecule has 3 atom stereocenters. The van der Waals surface area contributed by atoms with E-state index in [1.54, 1.807) is 45.2 Å². The zero-order valence-corrected chi connectivity index (χ0v) is 17.8. The highest BCUT2D eigenvalue weighted by atomic mass is 32.3. The van der Waals surface area contributed by atoms with Crippen molar-refractivity contribution >= 4 is 33.5 Å². The number of thioether (sulfide) groups is 1. The summed E-state index contributed by atoms with van der Waals surface area (Å²) in [5.41, 5.74) is -0.598. The zero-order chi connectivity index (χ0) is 20.9. The number of hydrogen-bond donors (Lipinski definition) is 0. The number of hydrogen-bond acceptors (Lipinski definition) is 8. The molecule has 1 aromatic heterocycles. The van der Waals surface area contributed by atoms with E-state index < -0.39 is 43.4 Å². The van der Waals surface area contributed by atoms with Gasteiger partial charge in [-0.05, 0) is 45.4 Å². The molecule has 1 unspecified atom stereocenters. The second-order valence-corrected chi connectivity index (χ2v) is 11.1. The van der Waals surface area contributed by atoms with Crippen molar-refractivity contribution in [2.24, 2.45) is 0 Å². The smallest absolute Gasteiger partial charge is 0.355 e. The first-order valence-electron chi connectivity index (χ1n) is 8.59. The average Bonchev–Trinajstić information content (AvgIpc) is 2.59. The summed E-state index contributed by atoms with van der Waals surface area (Å²) >= 11 is 1.01. The molecule has 1 fully saturated rings. The van der Waals surface area contributed by atoms with Crippen molar-refractivity contribution in [3.8, 4) is 0 Å². The van der Waals surface area contributed by atoms with Crippen LogP contribution < -0.4 is 0 Å². The highest BCUT2D eigenvalue weighted by molar-refractivity contribution is 8.14. The van der Waals surface area contributed by atoms with Gasteiger partial charge in [-0.25, -0.2) is 18.2 Å². The largest absolute Gasteiger partial charge is 0.455 e. The van der Waals surface area contributed by atoms with Gasteiger partial charge in [0.25, 0.3) is 5.91 Å². The molecule has 2 aliphatic rings. The predicted molar refractivity (Wildman–Crippen MR) is 103 cm³/mol. The number of fused-ring (bicyclic) bond motifs is 1. The molecular formula is C18H22N2O6S2. The van der Waals surface area contributed by atoms with Gasteiger partial charge in [-0.2, -0.15) is 0 Å². The van der Waals surface area contributed by atoms with E-state index in [1.807, 2.05) is 0 Å². The summed E-state index contributed by atoms with van der Waals surface area (Å²) in [5.74, 6) is -1.31. The molecule has 10 heteroatoms. The fourth-order valence-corrected chi connectivity index (χ4v) is 7.05. The highest BCUT2D eigenvalue weighted by Crippen LogP contribution is 2.46. The van der Waals surface area contributed by atoms with E-state index in [4.69, 9.17) is 9.47 Å². The van der Waals surface area contributed by atoms with E-state index in [0.29, 0.717) is 5.03 Å². The van der Waals surface area contributed by atoms with E-state index in [-0.39, 0.29) is 11.3 Å². The Labute approximate surface area is 168 Å². The number of β-lactam (4-membered cyclic amide) rings is 1. The highest BCUT2D eigenvalue weighted by Gasteiger charge is 2.63. The van der Waals surface area contributed by atoms with E-state index in [9.17, 15) is 18.0 Å². The summed E-state index contributed by atoms with van der Waals surface area (Å²) < 4.78 is 35.9. The summed E-state index contributed by atoms with van der Waals surface area (Å²) in [7, 11) is -2.61. The minimum atomic E-state index is -3.88. The summed E-state index contributed by atoms with van der Waals surface area (Å²) in [5, 5.41) is -0.774. The van der Waals surface area contributed by atoms with Crippen molar-refractivity contribution < 1.29 is 27.5 Å². The lowest BCUT2D eigenvalue weighted by atomic mass is 10.1. The predicted octanol–water partition coefficient (Wildman–Crippen LogP) is 1.73. The quantitative estimate of drug-likeness (QED) is 0.530. The molecule has 0 bridgehead atoms. The minimum Gasteiger partial charge on any atom is -0.455 e. The SMILES string of the molecule is CO[C@H]1C(=O)N2C(C(=O)OC(C)(C)C)=C(C)[C@@H](Sc3ccccn3)S(=O)(=O)C12. The Bertz CT molecular complexity index is 937. The molecule has 2 aliphatic heterocycles. The summed E-state index contributed by atoms with van der Waals surface area (Å²) in [6.45, 7) is 6.64. The van der Waals surface area contributed by atoms with Crippen LogP contribution >= 0.6 is 11.8 Å². The Hall–Kier alpha value is -1.91. The lowest BCUT2D eigenvalue weighted by molar-refractivity contribution is -0.167. The maximum absolute atomic E-state index is 13.2. The third-order valence-corrected chi connectivity index (χ3v) is 8.53. The molecule has 0 spiro atoms. The van der Waals surface area contributed by atoms with Crippen molar-refractivity contribution in [2.75, 3.05) is 7.11 Å². The molecule has 1 amide bonds. The van der Waals surface area contributed by atoms with Crippen LogP contribution in [0, 0.1) is 0 Å². The number of ether oxygens (including phenoxy) is 2. The first kappa shape index (κ1) is 20.8. The molecule has 152 valence electrons. The molecule has 0 aliphatic carbocycles. The van der Waals surface area contributed by atoms with Gasteiger partial charge in [0, 0.05) is 13.3 Å². The maximum Gasteiger partial charge on any atom is 0.355 e. The van der Waals surface area contributed by atoms with Gasteiger partial charge in [0.2, 0.25) is 0 Å². The van der Waals surface area contributed by atoms with Gasteiger partial charge in [-0.3, -0.25) is 9.69 Å². The Morgan fingerprint density at radius 3 is 2.50 bits per heavy atom. The van der Waals surface area contributed by atoms with Gasteiger partial charge < -0.3 is 9.47 Å². The number of carbonyl (C=O) groups excluding carboxylic acids is 2. The van der Waals surface area contributed by atoms with E-state index in [1.165, 1.54) is 14.0 Å². The number of pyridine rings is 1. The van der Waals surface area contributed by atoms with Crippen LogP contribution in [-0.2, 0) is 28.9 Å². The van der Waals surface area contributed by atoms with Gasteiger partial charge in [-0.1, -0.05) is 17.8 Å². The van der Waals surface area contributed by atoms with Crippen molar-refractivity contribution in [2.45, 2.75) is 54.4 Å². The summed E-state index contributed by atoms with van der Waals surface area (Å²) in [4.78, 5) is 30.5. The van der Waals surface area contributed by atoms with Gasteiger partial charge in [-0.15, -0.1) is 0 Å². The van der Waals surface area contributed by atoms with Crippen LogP contribution in [0.25, 0.3) is 0 Å². The number of carbonyl (C=O) groups is 2. The number of esters is 1. The standard InChI is InChI=1S/C18H22N2O6S2/c1-10-12(16(22)26-18(2,3)4)20-14(21)13(25-5)15(20)28(23,24)17(10)27-11-8-6-7-9-19-11/h6-9,13,15,17H,1-5H3/t13-,15?,17-/m0/s1. The summed E-state index contributed by atoms with van der Waals surface area (Å²) in [6, 6.07) is 5.16. The molecule has 1 aromatic rings. The Morgan fingerprint density at radius 2 is 1.96 bits per heavy atom. The molecule has 28 heavy (non-hydrogen) atoms. The third kappa shape index (κ3) is 3.44. The lowest BCUT2D eigenvalue weighted by Gasteiger charge is -2.50. The monoisotopic (exact) mass is 426 g/mol. The molecule has 0 radical (unpaired) electrons. The van der Waals surface area contributed by atoms with Gasteiger partial charge in [0.15, 0.2) is 21.3 Å². The number of sulfone groups is 1. The summed E-state index contributed by atoms with van der Waals surface area (Å²) in [6.07, 6.45) is 0.408. The molecule has 3 heterocycles. The van der Waals surface area contributed by atoms with Crippen LogP contribution in [0.1, 0.15) is 27.7 Å². The Balaban J connectivity index is 2.10. The van der Waals surface area contributed by atoms with E-state index in [2.05, 4.69) is 4.98 Å². The van der Waals surface area contributed by atoms with Crippen molar-refractivity contribution in [3.05, 3.63) is 35.7 Å². The fraction of sp³-hybridized carbons (Fsp3) is 0.500. The number of aromatic nitrogens is 1. The lowest BCUT2D eigenvalue weighted by Crippen LogP contribution is -2.71. The van der Waals surface area contributed by atoms with Crippen molar-refractivity contribution in [1.29, 1.82) is 0 Å². The molecular weight excluding hydrogens is 404 g/mol. The van der Waals surface area contributed by atoms with Gasteiger partial charge in [0.1, 0.15) is 15.9 Å². The minimum absolute atomic E-state index is 0.0403. The van der Waals surface area contributed by atoms with Crippen molar-refractivity contribution in [3.63, 3.8) is 0 Å². The number of rotatable bonds is 4. The van der Waals surface area contributed by atoms with Crippen LogP contribution in [0.15, 0.2) is 40.7 Å². The zero-order valence-electron chi connectivity index (χ0n) is 16.2. The van der Waals surface area contributed by atoms with Gasteiger partial charge >= 0.3 is 5.97 Å².